The molecule has 4 aromatic rings. The van der Waals surface area contributed by atoms with Crippen molar-refractivity contribution >= 4 is 16.8 Å². The summed E-state index contributed by atoms with van der Waals surface area (Å²) < 4.78 is 3.18. The molecule has 0 aliphatic heterocycles. The lowest BCUT2D eigenvalue weighted by molar-refractivity contribution is 0.570. The highest BCUT2D eigenvalue weighted by atomic mass is 16.1. The first kappa shape index (κ1) is 15.4. The lowest BCUT2D eigenvalue weighted by Crippen LogP contribution is -2.24. The van der Waals surface area contributed by atoms with E-state index in [9.17, 15) is 4.79 Å². The third-order valence-electron chi connectivity index (χ3n) is 4.29. The van der Waals surface area contributed by atoms with E-state index in [-0.39, 0.29) is 17.1 Å². The van der Waals surface area contributed by atoms with Crippen LogP contribution in [0.4, 0.5) is 0 Å². The standard InChI is InChI=1S/C18H18N6O/c1-4-13-14(12-8-6-5-7-9-12)16-21-20-15-17(24(16)22-13)19-10-23(11(2)3)18(15)25/h5-11H,4H2,1-3H3. The molecular formula is C18H18N6O. The summed E-state index contributed by atoms with van der Waals surface area (Å²) in [5.41, 5.74) is 3.94. The second kappa shape index (κ2) is 5.77. The third-order valence-corrected chi connectivity index (χ3v) is 4.29. The van der Waals surface area contributed by atoms with E-state index >= 15 is 0 Å². The molecule has 4 rings (SSSR count). The van der Waals surface area contributed by atoms with Crippen molar-refractivity contribution in [3.8, 4) is 11.1 Å². The molecule has 3 aromatic heterocycles. The number of aryl methyl sites for hydroxylation is 1. The average Bonchev–Trinajstić information content (AvgIpc) is 3.01. The summed E-state index contributed by atoms with van der Waals surface area (Å²) in [5, 5.41) is 13.1. The van der Waals surface area contributed by atoms with Gasteiger partial charge in [-0.2, -0.15) is 9.61 Å². The monoisotopic (exact) mass is 334 g/mol. The molecule has 126 valence electrons. The Kier molecular flexibility index (Phi) is 3.56. The lowest BCUT2D eigenvalue weighted by atomic mass is 10.0. The molecule has 0 aliphatic rings. The summed E-state index contributed by atoms with van der Waals surface area (Å²) in [6.45, 7) is 5.90. The molecule has 0 spiro atoms. The van der Waals surface area contributed by atoms with Crippen molar-refractivity contribution in [3.63, 3.8) is 0 Å². The van der Waals surface area contributed by atoms with Gasteiger partial charge in [0.2, 0.25) is 0 Å². The van der Waals surface area contributed by atoms with Gasteiger partial charge in [0, 0.05) is 6.04 Å². The van der Waals surface area contributed by atoms with Crippen molar-refractivity contribution in [2.45, 2.75) is 33.2 Å². The molecule has 0 unspecified atom stereocenters. The zero-order chi connectivity index (χ0) is 17.6. The summed E-state index contributed by atoms with van der Waals surface area (Å²) >= 11 is 0. The van der Waals surface area contributed by atoms with Gasteiger partial charge in [0.25, 0.3) is 5.56 Å². The number of hydrogen-bond acceptors (Lipinski definition) is 5. The highest BCUT2D eigenvalue weighted by Crippen LogP contribution is 2.28. The van der Waals surface area contributed by atoms with Crippen LogP contribution >= 0.6 is 0 Å². The first-order chi connectivity index (χ1) is 12.1. The van der Waals surface area contributed by atoms with E-state index in [1.165, 1.54) is 0 Å². The lowest BCUT2D eigenvalue weighted by Gasteiger charge is -2.09. The number of nitrogens with zero attached hydrogens (tertiary/aromatic N) is 6. The Labute approximate surface area is 144 Å². The van der Waals surface area contributed by atoms with E-state index in [1.54, 1.807) is 15.4 Å². The van der Waals surface area contributed by atoms with Crippen LogP contribution in [0.15, 0.2) is 41.5 Å². The van der Waals surface area contributed by atoms with Gasteiger partial charge in [0.15, 0.2) is 16.8 Å². The van der Waals surface area contributed by atoms with Gasteiger partial charge < -0.3 is 0 Å². The van der Waals surface area contributed by atoms with Crippen LogP contribution in [0.1, 0.15) is 32.5 Å². The number of aromatic nitrogens is 6. The number of benzene rings is 1. The van der Waals surface area contributed by atoms with E-state index in [2.05, 4.69) is 20.3 Å². The van der Waals surface area contributed by atoms with Crippen molar-refractivity contribution in [1.82, 2.24) is 29.4 Å². The molecule has 1 aromatic carbocycles. The fourth-order valence-corrected chi connectivity index (χ4v) is 3.00. The minimum atomic E-state index is -0.204. The van der Waals surface area contributed by atoms with Gasteiger partial charge in [0.05, 0.1) is 11.3 Å². The molecule has 0 fully saturated rings. The fraction of sp³-hybridized carbons (Fsp3) is 0.278. The van der Waals surface area contributed by atoms with Crippen LogP contribution < -0.4 is 5.56 Å². The summed E-state index contributed by atoms with van der Waals surface area (Å²) in [6.07, 6.45) is 2.30. The summed E-state index contributed by atoms with van der Waals surface area (Å²) in [5.74, 6) is 0. The maximum Gasteiger partial charge on any atom is 0.283 e. The predicted octanol–water partition coefficient (Wildman–Crippen LogP) is 2.64. The zero-order valence-electron chi connectivity index (χ0n) is 14.3. The van der Waals surface area contributed by atoms with Crippen LogP contribution in [0.3, 0.4) is 0 Å². The van der Waals surface area contributed by atoms with Gasteiger partial charge in [-0.05, 0) is 25.8 Å². The molecule has 0 aliphatic carbocycles. The zero-order valence-corrected chi connectivity index (χ0v) is 14.3. The van der Waals surface area contributed by atoms with E-state index in [0.29, 0.717) is 11.3 Å². The van der Waals surface area contributed by atoms with Gasteiger partial charge in [-0.1, -0.05) is 37.3 Å². The quantitative estimate of drug-likeness (QED) is 0.575. The Morgan fingerprint density at radius 3 is 2.52 bits per heavy atom. The van der Waals surface area contributed by atoms with Crippen molar-refractivity contribution in [2.24, 2.45) is 0 Å². The first-order valence-corrected chi connectivity index (χ1v) is 8.32. The Hall–Kier alpha value is -3.09. The molecule has 0 saturated carbocycles. The third kappa shape index (κ3) is 2.31. The van der Waals surface area contributed by atoms with Crippen LogP contribution in [0.2, 0.25) is 0 Å². The summed E-state index contributed by atoms with van der Waals surface area (Å²) in [4.78, 5) is 17.1. The van der Waals surface area contributed by atoms with Gasteiger partial charge in [-0.15, -0.1) is 10.2 Å². The van der Waals surface area contributed by atoms with Gasteiger partial charge in [-0.25, -0.2) is 4.98 Å². The normalized spacial score (nSPS) is 11.7. The van der Waals surface area contributed by atoms with E-state index in [0.717, 1.165) is 23.2 Å². The molecule has 0 amide bonds. The van der Waals surface area contributed by atoms with E-state index in [4.69, 9.17) is 0 Å². The highest BCUT2D eigenvalue weighted by Gasteiger charge is 2.19. The smallest absolute Gasteiger partial charge is 0.283 e. The molecule has 0 radical (unpaired) electrons. The second-order valence-electron chi connectivity index (χ2n) is 6.20. The highest BCUT2D eigenvalue weighted by molar-refractivity contribution is 5.83. The minimum absolute atomic E-state index is 0.00519. The van der Waals surface area contributed by atoms with E-state index in [1.807, 2.05) is 51.1 Å². The Bertz CT molecular complexity index is 1130. The van der Waals surface area contributed by atoms with Gasteiger partial charge in [-0.3, -0.25) is 9.36 Å². The second-order valence-corrected chi connectivity index (χ2v) is 6.20. The molecule has 0 saturated heterocycles. The van der Waals surface area contributed by atoms with Crippen LogP contribution in [0, 0.1) is 0 Å². The topological polar surface area (TPSA) is 78.0 Å². The summed E-state index contributed by atoms with van der Waals surface area (Å²) in [7, 11) is 0. The number of fused-ring (bicyclic) bond motifs is 3. The molecule has 0 N–H and O–H groups in total. The Morgan fingerprint density at radius 1 is 1.08 bits per heavy atom. The number of hydrogen-bond donors (Lipinski definition) is 0. The van der Waals surface area contributed by atoms with Crippen molar-refractivity contribution < 1.29 is 0 Å². The van der Waals surface area contributed by atoms with Gasteiger partial charge in [0.1, 0.15) is 6.33 Å². The minimum Gasteiger partial charge on any atom is -0.295 e. The molecular weight excluding hydrogens is 316 g/mol. The largest absolute Gasteiger partial charge is 0.295 e. The Morgan fingerprint density at radius 2 is 1.84 bits per heavy atom. The Balaban J connectivity index is 2.09. The SMILES string of the molecule is CCc1nn2c(nnc3c(=O)n(C(C)C)cnc32)c1-c1ccccc1. The first-order valence-electron chi connectivity index (χ1n) is 8.32. The van der Waals surface area contributed by atoms with Crippen LogP contribution in [-0.4, -0.2) is 29.4 Å². The van der Waals surface area contributed by atoms with Crippen LogP contribution in [-0.2, 0) is 6.42 Å². The average molecular weight is 334 g/mol. The molecule has 0 atom stereocenters. The molecule has 3 heterocycles. The molecule has 7 heteroatoms. The van der Waals surface area contributed by atoms with Gasteiger partial charge >= 0.3 is 0 Å². The van der Waals surface area contributed by atoms with Crippen LogP contribution in [0.25, 0.3) is 27.9 Å². The maximum absolute atomic E-state index is 12.6. The van der Waals surface area contributed by atoms with Crippen molar-refractivity contribution in [1.29, 1.82) is 0 Å². The van der Waals surface area contributed by atoms with Crippen molar-refractivity contribution in [3.05, 3.63) is 52.7 Å². The molecule has 25 heavy (non-hydrogen) atoms. The van der Waals surface area contributed by atoms with Crippen LogP contribution in [0.5, 0.6) is 0 Å². The number of rotatable bonds is 3. The maximum atomic E-state index is 12.6. The van der Waals surface area contributed by atoms with E-state index < -0.39 is 0 Å². The summed E-state index contributed by atoms with van der Waals surface area (Å²) in [6, 6.07) is 9.97. The molecule has 0 bridgehead atoms. The predicted molar refractivity (Wildman–Crippen MR) is 95.5 cm³/mol. The van der Waals surface area contributed by atoms with Crippen molar-refractivity contribution in [2.75, 3.05) is 0 Å². The molecule has 7 nitrogen and oxygen atoms in total. The fourth-order valence-electron chi connectivity index (χ4n) is 3.00.